The molecule has 2 aromatic rings. The number of benzene rings is 2. The number of para-hydroxylation sites is 1. The van der Waals surface area contributed by atoms with Gasteiger partial charge in [0, 0.05) is 4.47 Å². The molecule has 2 rings (SSSR count). The monoisotopic (exact) mass is 319 g/mol. The first kappa shape index (κ1) is 13.6. The van der Waals surface area contributed by atoms with Gasteiger partial charge in [-0.25, -0.2) is 4.79 Å². The van der Waals surface area contributed by atoms with E-state index in [9.17, 15) is 4.79 Å². The van der Waals surface area contributed by atoms with Gasteiger partial charge in [-0.3, -0.25) is 0 Å². The Morgan fingerprint density at radius 3 is 2.42 bits per heavy atom. The van der Waals surface area contributed by atoms with Gasteiger partial charge in [-0.05, 0) is 30.7 Å². The topological polar surface area (TPSA) is 38.3 Å². The van der Waals surface area contributed by atoms with Gasteiger partial charge in [0.1, 0.15) is 5.75 Å². The normalized spacial score (nSPS) is 11.7. The van der Waals surface area contributed by atoms with Gasteiger partial charge in [-0.2, -0.15) is 0 Å². The molecular formula is C15H14BrNO2. The van der Waals surface area contributed by atoms with Gasteiger partial charge in [-0.15, -0.1) is 0 Å². The molecule has 0 heterocycles. The van der Waals surface area contributed by atoms with E-state index in [0.717, 1.165) is 10.0 Å². The molecule has 19 heavy (non-hydrogen) atoms. The van der Waals surface area contributed by atoms with Crippen molar-refractivity contribution in [2.45, 2.75) is 13.0 Å². The Morgan fingerprint density at radius 2 is 1.74 bits per heavy atom. The highest BCUT2D eigenvalue weighted by atomic mass is 79.9. The van der Waals surface area contributed by atoms with Crippen LogP contribution in [0.3, 0.4) is 0 Å². The highest BCUT2D eigenvalue weighted by molar-refractivity contribution is 9.10. The van der Waals surface area contributed by atoms with E-state index in [1.807, 2.05) is 49.4 Å². The van der Waals surface area contributed by atoms with Crippen molar-refractivity contribution < 1.29 is 9.53 Å². The summed E-state index contributed by atoms with van der Waals surface area (Å²) in [5.74, 6) is 0.527. The molecule has 4 heteroatoms. The second-order valence-electron chi connectivity index (χ2n) is 4.09. The lowest BCUT2D eigenvalue weighted by molar-refractivity contribution is 0.197. The van der Waals surface area contributed by atoms with Gasteiger partial charge < -0.3 is 10.1 Å². The van der Waals surface area contributed by atoms with Gasteiger partial charge in [-0.1, -0.05) is 52.3 Å². The molecule has 3 nitrogen and oxygen atoms in total. The molecule has 0 fully saturated rings. The summed E-state index contributed by atoms with van der Waals surface area (Å²) >= 11 is 3.46. The van der Waals surface area contributed by atoms with Crippen LogP contribution in [-0.4, -0.2) is 6.09 Å². The molecule has 0 unspecified atom stereocenters. The fraction of sp³-hybridized carbons (Fsp3) is 0.133. The molecule has 0 spiro atoms. The Morgan fingerprint density at radius 1 is 1.11 bits per heavy atom. The number of rotatable bonds is 3. The Hall–Kier alpha value is -1.81. The van der Waals surface area contributed by atoms with E-state index < -0.39 is 6.09 Å². The second-order valence-corrected chi connectivity index (χ2v) is 4.94. The number of ether oxygens (including phenoxy) is 1. The average molecular weight is 320 g/mol. The van der Waals surface area contributed by atoms with E-state index >= 15 is 0 Å². The third-order valence-electron chi connectivity index (χ3n) is 2.66. The zero-order chi connectivity index (χ0) is 13.7. The van der Waals surface area contributed by atoms with E-state index in [0.29, 0.717) is 5.75 Å². The smallest absolute Gasteiger partial charge is 0.410 e. The maximum absolute atomic E-state index is 11.8. The van der Waals surface area contributed by atoms with Crippen LogP contribution in [0.4, 0.5) is 4.79 Å². The predicted molar refractivity (Wildman–Crippen MR) is 78.2 cm³/mol. The van der Waals surface area contributed by atoms with Crippen LogP contribution in [-0.2, 0) is 0 Å². The molecule has 0 saturated carbocycles. The van der Waals surface area contributed by atoms with Crippen molar-refractivity contribution in [2.75, 3.05) is 0 Å². The summed E-state index contributed by atoms with van der Waals surface area (Å²) in [5.41, 5.74) is 1.01. The van der Waals surface area contributed by atoms with E-state index in [1.54, 1.807) is 12.1 Å². The van der Waals surface area contributed by atoms with Crippen molar-refractivity contribution >= 4 is 22.0 Å². The van der Waals surface area contributed by atoms with Gasteiger partial charge in [0.2, 0.25) is 0 Å². The minimum absolute atomic E-state index is 0.133. The first-order chi connectivity index (χ1) is 9.16. The molecule has 0 radical (unpaired) electrons. The van der Waals surface area contributed by atoms with E-state index in [1.165, 1.54) is 0 Å². The molecule has 1 N–H and O–H groups in total. The molecule has 0 aliphatic carbocycles. The van der Waals surface area contributed by atoms with Crippen LogP contribution in [0.15, 0.2) is 59.1 Å². The Balaban J connectivity index is 1.98. The highest BCUT2D eigenvalue weighted by Gasteiger charge is 2.13. The number of carbonyl (C=O) groups excluding carboxylic acids is 1. The van der Waals surface area contributed by atoms with Crippen LogP contribution in [0.5, 0.6) is 5.75 Å². The van der Waals surface area contributed by atoms with Crippen molar-refractivity contribution in [1.82, 2.24) is 5.32 Å². The Labute approximate surface area is 120 Å². The van der Waals surface area contributed by atoms with E-state index in [-0.39, 0.29) is 6.04 Å². The number of hydrogen-bond acceptors (Lipinski definition) is 2. The van der Waals surface area contributed by atoms with Crippen molar-refractivity contribution in [2.24, 2.45) is 0 Å². The molecular weight excluding hydrogens is 306 g/mol. The highest BCUT2D eigenvalue weighted by Crippen LogP contribution is 2.22. The van der Waals surface area contributed by atoms with Crippen molar-refractivity contribution in [3.63, 3.8) is 0 Å². The summed E-state index contributed by atoms with van der Waals surface area (Å²) < 4.78 is 6.14. The summed E-state index contributed by atoms with van der Waals surface area (Å²) in [6, 6.07) is 16.6. The number of hydrogen-bond donors (Lipinski definition) is 1. The number of nitrogens with one attached hydrogen (secondary N) is 1. The first-order valence-electron chi connectivity index (χ1n) is 5.94. The van der Waals surface area contributed by atoms with Crippen LogP contribution in [0, 0.1) is 0 Å². The van der Waals surface area contributed by atoms with E-state index in [4.69, 9.17) is 4.74 Å². The van der Waals surface area contributed by atoms with Crippen LogP contribution < -0.4 is 10.1 Å². The summed E-state index contributed by atoms with van der Waals surface area (Å²) in [6.07, 6.45) is -0.463. The summed E-state index contributed by atoms with van der Waals surface area (Å²) in [5, 5.41) is 2.79. The molecule has 0 aromatic heterocycles. The standard InChI is InChI=1S/C15H14BrNO2/c1-11(13-9-5-6-10-14(13)16)17-15(18)19-12-7-3-2-4-8-12/h2-11H,1H3,(H,17,18)/t11-/m1/s1. The zero-order valence-corrected chi connectivity index (χ0v) is 12.1. The molecule has 1 amide bonds. The average Bonchev–Trinajstić information content (AvgIpc) is 2.40. The quantitative estimate of drug-likeness (QED) is 0.916. The van der Waals surface area contributed by atoms with Gasteiger partial charge >= 0.3 is 6.09 Å². The molecule has 0 saturated heterocycles. The Kier molecular flexibility index (Phi) is 4.58. The summed E-state index contributed by atoms with van der Waals surface area (Å²) in [7, 11) is 0. The summed E-state index contributed by atoms with van der Waals surface area (Å²) in [4.78, 5) is 11.8. The lowest BCUT2D eigenvalue weighted by Gasteiger charge is -2.15. The molecule has 1 atom stereocenters. The van der Waals surface area contributed by atoms with Crippen molar-refractivity contribution in [1.29, 1.82) is 0 Å². The zero-order valence-electron chi connectivity index (χ0n) is 10.5. The number of halogens is 1. The fourth-order valence-corrected chi connectivity index (χ4v) is 2.33. The number of carbonyl (C=O) groups is 1. The van der Waals surface area contributed by atoms with Crippen LogP contribution >= 0.6 is 15.9 Å². The minimum Gasteiger partial charge on any atom is -0.410 e. The Bertz CT molecular complexity index is 557. The maximum atomic E-state index is 11.8. The van der Waals surface area contributed by atoms with Gasteiger partial charge in [0.05, 0.1) is 6.04 Å². The molecule has 2 aromatic carbocycles. The fourth-order valence-electron chi connectivity index (χ4n) is 1.71. The van der Waals surface area contributed by atoms with Gasteiger partial charge in [0.25, 0.3) is 0 Å². The predicted octanol–water partition coefficient (Wildman–Crippen LogP) is 4.30. The third kappa shape index (κ3) is 3.83. The maximum Gasteiger partial charge on any atom is 0.413 e. The molecule has 0 bridgehead atoms. The second kappa shape index (κ2) is 6.38. The van der Waals surface area contributed by atoms with E-state index in [2.05, 4.69) is 21.2 Å². The van der Waals surface area contributed by atoms with Crippen molar-refractivity contribution in [3.05, 3.63) is 64.6 Å². The van der Waals surface area contributed by atoms with Crippen LogP contribution in [0.1, 0.15) is 18.5 Å². The summed E-state index contributed by atoms with van der Waals surface area (Å²) in [6.45, 7) is 1.91. The minimum atomic E-state index is -0.463. The van der Waals surface area contributed by atoms with Gasteiger partial charge in [0.15, 0.2) is 0 Å². The third-order valence-corrected chi connectivity index (χ3v) is 3.38. The van der Waals surface area contributed by atoms with Crippen LogP contribution in [0.25, 0.3) is 0 Å². The lowest BCUT2D eigenvalue weighted by Crippen LogP contribution is -2.29. The molecule has 0 aliphatic rings. The first-order valence-corrected chi connectivity index (χ1v) is 6.74. The molecule has 98 valence electrons. The lowest BCUT2D eigenvalue weighted by atomic mass is 10.1. The SMILES string of the molecule is C[C@@H](NC(=O)Oc1ccccc1)c1ccccc1Br. The molecule has 0 aliphatic heterocycles. The largest absolute Gasteiger partial charge is 0.413 e. The van der Waals surface area contributed by atoms with Crippen LogP contribution in [0.2, 0.25) is 0 Å². The van der Waals surface area contributed by atoms with Crippen molar-refractivity contribution in [3.8, 4) is 5.75 Å². The number of amides is 1.